The third kappa shape index (κ3) is 0.424. The standard InChI is InChI=1S/C8H12O2/c9-8-3-7(4-8,5-8)6-1-10-2-6/h6,9H,1-5H2. The van der Waals surface area contributed by atoms with Gasteiger partial charge >= 0.3 is 0 Å². The van der Waals surface area contributed by atoms with Gasteiger partial charge in [-0.2, -0.15) is 0 Å². The summed E-state index contributed by atoms with van der Waals surface area (Å²) >= 11 is 0. The van der Waals surface area contributed by atoms with E-state index in [-0.39, 0.29) is 5.60 Å². The molecule has 1 heterocycles. The third-order valence-corrected chi connectivity index (χ3v) is 3.55. The van der Waals surface area contributed by atoms with Crippen LogP contribution in [0, 0.1) is 11.3 Å². The minimum absolute atomic E-state index is 0.213. The molecule has 0 aromatic rings. The summed E-state index contributed by atoms with van der Waals surface area (Å²) in [6, 6.07) is 0. The lowest BCUT2D eigenvalue weighted by atomic mass is 9.37. The molecule has 0 aromatic heterocycles. The van der Waals surface area contributed by atoms with E-state index >= 15 is 0 Å². The van der Waals surface area contributed by atoms with E-state index in [0.29, 0.717) is 5.41 Å². The first-order valence-electron chi connectivity index (χ1n) is 4.03. The third-order valence-electron chi connectivity index (χ3n) is 3.55. The van der Waals surface area contributed by atoms with Crippen molar-refractivity contribution >= 4 is 0 Å². The Hall–Kier alpha value is -0.0800. The van der Waals surface area contributed by atoms with Crippen LogP contribution in [0.15, 0.2) is 0 Å². The Morgan fingerprint density at radius 3 is 2.10 bits per heavy atom. The molecule has 1 N–H and O–H groups in total. The molecule has 3 saturated carbocycles. The average Bonchev–Trinajstić information content (AvgIpc) is 1.53. The van der Waals surface area contributed by atoms with Crippen LogP contribution in [0.4, 0.5) is 0 Å². The van der Waals surface area contributed by atoms with Crippen molar-refractivity contribution in [3.8, 4) is 0 Å². The summed E-state index contributed by atoms with van der Waals surface area (Å²) in [5.41, 5.74) is 0.336. The molecule has 2 nitrogen and oxygen atoms in total. The summed E-state index contributed by atoms with van der Waals surface area (Å²) in [7, 11) is 0. The summed E-state index contributed by atoms with van der Waals surface area (Å²) in [6.45, 7) is 1.91. The van der Waals surface area contributed by atoms with Crippen LogP contribution in [0.1, 0.15) is 19.3 Å². The highest BCUT2D eigenvalue weighted by Gasteiger charge is 2.70. The normalized spacial score (nSPS) is 58.5. The zero-order chi connectivity index (χ0) is 6.82. The summed E-state index contributed by atoms with van der Waals surface area (Å²) in [5, 5.41) is 9.47. The van der Waals surface area contributed by atoms with Gasteiger partial charge in [0.15, 0.2) is 0 Å². The molecule has 4 aliphatic rings. The van der Waals surface area contributed by atoms with Crippen LogP contribution in [0.25, 0.3) is 0 Å². The maximum Gasteiger partial charge on any atom is 0.0664 e. The number of hydrogen-bond acceptors (Lipinski definition) is 2. The summed E-state index contributed by atoms with van der Waals surface area (Å²) < 4.78 is 5.13. The van der Waals surface area contributed by atoms with Crippen molar-refractivity contribution in [3.05, 3.63) is 0 Å². The lowest BCUT2D eigenvalue weighted by Gasteiger charge is -2.71. The molecule has 4 fully saturated rings. The summed E-state index contributed by atoms with van der Waals surface area (Å²) in [6.07, 6.45) is 3.19. The van der Waals surface area contributed by atoms with Crippen molar-refractivity contribution in [2.75, 3.05) is 13.2 Å². The molecule has 0 atom stereocenters. The van der Waals surface area contributed by atoms with Gasteiger partial charge in [-0.25, -0.2) is 0 Å². The molecule has 0 spiro atoms. The van der Waals surface area contributed by atoms with E-state index in [2.05, 4.69) is 0 Å². The largest absolute Gasteiger partial charge is 0.390 e. The number of hydrogen-bond donors (Lipinski definition) is 1. The van der Waals surface area contributed by atoms with Gasteiger partial charge < -0.3 is 9.84 Å². The Morgan fingerprint density at radius 1 is 1.20 bits per heavy atom. The predicted molar refractivity (Wildman–Crippen MR) is 35.5 cm³/mol. The Morgan fingerprint density at radius 2 is 1.80 bits per heavy atom. The van der Waals surface area contributed by atoms with Crippen molar-refractivity contribution < 1.29 is 9.84 Å². The van der Waals surface area contributed by atoms with Crippen molar-refractivity contribution in [2.24, 2.45) is 11.3 Å². The first-order valence-corrected chi connectivity index (χ1v) is 4.03. The Balaban J connectivity index is 1.74. The lowest BCUT2D eigenvalue weighted by Crippen LogP contribution is -2.72. The van der Waals surface area contributed by atoms with Gasteiger partial charge in [-0.05, 0) is 24.7 Å². The molecule has 0 unspecified atom stereocenters. The minimum Gasteiger partial charge on any atom is -0.390 e. The van der Waals surface area contributed by atoms with Crippen molar-refractivity contribution in [3.63, 3.8) is 0 Å². The highest BCUT2D eigenvalue weighted by atomic mass is 16.5. The van der Waals surface area contributed by atoms with Gasteiger partial charge in [0.05, 0.1) is 18.8 Å². The highest BCUT2D eigenvalue weighted by Crippen LogP contribution is 2.71. The van der Waals surface area contributed by atoms with Crippen LogP contribution in [-0.4, -0.2) is 23.9 Å². The fourth-order valence-corrected chi connectivity index (χ4v) is 2.83. The second kappa shape index (κ2) is 1.28. The molecule has 1 saturated heterocycles. The highest BCUT2D eigenvalue weighted by molar-refractivity contribution is 5.21. The van der Waals surface area contributed by atoms with E-state index < -0.39 is 0 Å². The quantitative estimate of drug-likeness (QED) is 0.576. The Bertz CT molecular complexity index is 164. The maximum absolute atomic E-state index is 9.47. The van der Waals surface area contributed by atoms with Crippen molar-refractivity contribution in [1.82, 2.24) is 0 Å². The van der Waals surface area contributed by atoms with Gasteiger partial charge in [-0.15, -0.1) is 0 Å². The second-order valence-electron chi connectivity index (χ2n) is 4.35. The fourth-order valence-electron chi connectivity index (χ4n) is 2.83. The van der Waals surface area contributed by atoms with Gasteiger partial charge in [0.25, 0.3) is 0 Å². The summed E-state index contributed by atoms with van der Waals surface area (Å²) in [4.78, 5) is 0. The van der Waals surface area contributed by atoms with Crippen molar-refractivity contribution in [2.45, 2.75) is 24.9 Å². The van der Waals surface area contributed by atoms with Crippen molar-refractivity contribution in [1.29, 1.82) is 0 Å². The molecule has 2 bridgehead atoms. The first kappa shape index (κ1) is 5.56. The summed E-state index contributed by atoms with van der Waals surface area (Å²) in [5.74, 6) is 0.793. The molecule has 0 amide bonds. The number of ether oxygens (including phenoxy) is 1. The van der Waals surface area contributed by atoms with Crippen LogP contribution in [-0.2, 0) is 4.74 Å². The van der Waals surface area contributed by atoms with E-state index in [1.54, 1.807) is 0 Å². The Labute approximate surface area is 60.2 Å². The molecule has 4 rings (SSSR count). The molecule has 0 aromatic carbocycles. The second-order valence-corrected chi connectivity index (χ2v) is 4.35. The average molecular weight is 140 g/mol. The van der Waals surface area contributed by atoms with Crippen LogP contribution in [0.2, 0.25) is 0 Å². The van der Waals surface area contributed by atoms with Gasteiger partial charge in [0.1, 0.15) is 0 Å². The predicted octanol–water partition coefficient (Wildman–Crippen LogP) is 0.548. The first-order chi connectivity index (χ1) is 4.73. The Kier molecular flexibility index (Phi) is 0.710. The zero-order valence-electron chi connectivity index (χ0n) is 5.97. The fraction of sp³-hybridized carbons (Fsp3) is 1.00. The van der Waals surface area contributed by atoms with Crippen LogP contribution in [0.5, 0.6) is 0 Å². The smallest absolute Gasteiger partial charge is 0.0664 e. The molecule has 3 aliphatic carbocycles. The lowest BCUT2D eigenvalue weighted by molar-refractivity contribution is -0.313. The van der Waals surface area contributed by atoms with E-state index in [1.807, 2.05) is 0 Å². The van der Waals surface area contributed by atoms with Gasteiger partial charge in [0.2, 0.25) is 0 Å². The number of rotatable bonds is 1. The molecule has 2 heteroatoms. The van der Waals surface area contributed by atoms with Crippen LogP contribution in [0.3, 0.4) is 0 Å². The van der Waals surface area contributed by atoms with E-state index in [1.165, 1.54) is 0 Å². The molecular weight excluding hydrogens is 128 g/mol. The molecule has 1 aliphatic heterocycles. The van der Waals surface area contributed by atoms with Crippen LogP contribution >= 0.6 is 0 Å². The van der Waals surface area contributed by atoms with Gasteiger partial charge in [-0.3, -0.25) is 0 Å². The molecule has 56 valence electrons. The van der Waals surface area contributed by atoms with E-state index in [9.17, 15) is 5.11 Å². The topological polar surface area (TPSA) is 29.5 Å². The maximum atomic E-state index is 9.47. The van der Waals surface area contributed by atoms with Gasteiger partial charge in [0, 0.05) is 5.92 Å². The molecule has 0 radical (unpaired) electrons. The van der Waals surface area contributed by atoms with E-state index in [4.69, 9.17) is 4.74 Å². The minimum atomic E-state index is -0.213. The molecule has 10 heavy (non-hydrogen) atoms. The van der Waals surface area contributed by atoms with Crippen LogP contribution < -0.4 is 0 Å². The van der Waals surface area contributed by atoms with E-state index in [0.717, 1.165) is 38.4 Å². The monoisotopic (exact) mass is 140 g/mol. The molecular formula is C8H12O2. The number of aliphatic hydroxyl groups is 1. The zero-order valence-corrected chi connectivity index (χ0v) is 5.97. The van der Waals surface area contributed by atoms with Gasteiger partial charge in [-0.1, -0.05) is 0 Å². The SMILES string of the molecule is OC12CC(C3COC3)(C1)C2.